The summed E-state index contributed by atoms with van der Waals surface area (Å²) < 4.78 is 5.16. The molecule has 1 aliphatic rings. The van der Waals surface area contributed by atoms with Crippen LogP contribution in [0, 0.1) is 0 Å². The molecule has 3 rings (SSSR count). The van der Waals surface area contributed by atoms with Crippen LogP contribution in [-0.4, -0.2) is 18.9 Å². The molecule has 2 aromatic rings. The number of amides is 2. The molecule has 0 fully saturated rings. The lowest BCUT2D eigenvalue weighted by molar-refractivity contribution is -0.120. The Morgan fingerprint density at radius 2 is 1.81 bits per heavy atom. The number of methoxy groups -OCH3 is 1. The molecular weight excluding hydrogens is 328 g/mol. The van der Waals surface area contributed by atoms with Crippen LogP contribution in [0.25, 0.3) is 0 Å². The van der Waals surface area contributed by atoms with Crippen molar-refractivity contribution in [3.05, 3.63) is 59.2 Å². The van der Waals surface area contributed by atoms with Crippen molar-refractivity contribution in [1.82, 2.24) is 5.32 Å². The Balaban J connectivity index is 1.69. The van der Waals surface area contributed by atoms with Crippen molar-refractivity contribution in [3.63, 3.8) is 0 Å². The highest BCUT2D eigenvalue weighted by atomic mass is 16.5. The maximum Gasteiger partial charge on any atom is 0.226 e. The molecule has 0 saturated carbocycles. The first-order valence-electron chi connectivity index (χ1n) is 8.88. The number of fused-ring (bicyclic) bond motifs is 1. The van der Waals surface area contributed by atoms with Crippen molar-refractivity contribution in [2.45, 2.75) is 38.6 Å². The summed E-state index contributed by atoms with van der Waals surface area (Å²) in [5.41, 5.74) is 4.37. The van der Waals surface area contributed by atoms with Gasteiger partial charge in [0.15, 0.2) is 0 Å². The molecule has 0 aliphatic heterocycles. The zero-order valence-electron chi connectivity index (χ0n) is 15.2. The third-order valence-corrected chi connectivity index (χ3v) is 4.67. The van der Waals surface area contributed by atoms with Gasteiger partial charge in [-0.25, -0.2) is 0 Å². The zero-order chi connectivity index (χ0) is 18.5. The summed E-state index contributed by atoms with van der Waals surface area (Å²) in [5.74, 6) is 0.437. The maximum atomic E-state index is 12.5. The van der Waals surface area contributed by atoms with Gasteiger partial charge in [-0.3, -0.25) is 9.59 Å². The van der Waals surface area contributed by atoms with Gasteiger partial charge in [-0.1, -0.05) is 18.2 Å². The molecule has 2 aromatic carbocycles. The van der Waals surface area contributed by atoms with Gasteiger partial charge < -0.3 is 15.4 Å². The van der Waals surface area contributed by atoms with E-state index in [-0.39, 0.29) is 24.3 Å². The summed E-state index contributed by atoms with van der Waals surface area (Å²) in [7, 11) is 1.60. The van der Waals surface area contributed by atoms with Gasteiger partial charge in [0, 0.05) is 12.6 Å². The summed E-state index contributed by atoms with van der Waals surface area (Å²) in [4.78, 5) is 24.1. The predicted molar refractivity (Wildman–Crippen MR) is 101 cm³/mol. The van der Waals surface area contributed by atoms with Crippen molar-refractivity contribution in [3.8, 4) is 5.75 Å². The van der Waals surface area contributed by atoms with Gasteiger partial charge in [0.25, 0.3) is 0 Å². The largest absolute Gasteiger partial charge is 0.497 e. The fourth-order valence-corrected chi connectivity index (χ4v) is 3.38. The monoisotopic (exact) mass is 352 g/mol. The van der Waals surface area contributed by atoms with Gasteiger partial charge in [0.2, 0.25) is 11.8 Å². The van der Waals surface area contributed by atoms with Crippen molar-refractivity contribution in [2.24, 2.45) is 0 Å². The number of benzene rings is 2. The number of nitrogens with one attached hydrogen (secondary N) is 2. The second-order valence-corrected chi connectivity index (χ2v) is 6.62. The fraction of sp³-hybridized carbons (Fsp3) is 0.333. The quantitative estimate of drug-likeness (QED) is 0.837. The van der Waals surface area contributed by atoms with Crippen LogP contribution in [0.5, 0.6) is 5.75 Å². The molecule has 1 atom stereocenters. The fourth-order valence-electron chi connectivity index (χ4n) is 3.38. The van der Waals surface area contributed by atoms with E-state index in [0.29, 0.717) is 0 Å². The minimum Gasteiger partial charge on any atom is -0.497 e. The number of carbonyl (C=O) groups excluding carboxylic acids is 2. The van der Waals surface area contributed by atoms with Crippen LogP contribution in [0.15, 0.2) is 42.5 Å². The number of carbonyl (C=O) groups is 2. The molecule has 0 aromatic heterocycles. The van der Waals surface area contributed by atoms with E-state index < -0.39 is 0 Å². The summed E-state index contributed by atoms with van der Waals surface area (Å²) in [6.45, 7) is 1.45. The number of rotatable bonds is 6. The van der Waals surface area contributed by atoms with Crippen LogP contribution in [0.2, 0.25) is 0 Å². The Morgan fingerprint density at radius 3 is 2.50 bits per heavy atom. The molecular formula is C21H24N2O3. The minimum atomic E-state index is -0.382. The SMILES string of the molecule is COc1ccc([C@@H](CC(=O)Nc2ccc3c(c2)CCC3)NC(C)=O)cc1. The second kappa shape index (κ2) is 8.04. The van der Waals surface area contributed by atoms with Gasteiger partial charge in [0.1, 0.15) is 5.75 Å². The maximum absolute atomic E-state index is 12.5. The van der Waals surface area contributed by atoms with Crippen LogP contribution in [0.4, 0.5) is 5.69 Å². The topological polar surface area (TPSA) is 67.4 Å². The smallest absolute Gasteiger partial charge is 0.226 e. The molecule has 0 saturated heterocycles. The molecule has 5 heteroatoms. The standard InChI is InChI=1S/C21H24N2O3/c1-14(24)22-20(16-7-10-19(26-2)11-8-16)13-21(25)23-18-9-6-15-4-3-5-17(15)12-18/h6-12,20H,3-5,13H2,1-2H3,(H,22,24)(H,23,25)/t20-/m1/s1. The Morgan fingerprint density at radius 1 is 1.08 bits per heavy atom. The second-order valence-electron chi connectivity index (χ2n) is 6.62. The number of anilines is 1. The summed E-state index contributed by atoms with van der Waals surface area (Å²) in [5, 5.41) is 5.80. The first-order chi connectivity index (χ1) is 12.5. The average Bonchev–Trinajstić information content (AvgIpc) is 3.08. The third-order valence-electron chi connectivity index (χ3n) is 4.67. The highest BCUT2D eigenvalue weighted by Gasteiger charge is 2.18. The Bertz CT molecular complexity index is 799. The Hall–Kier alpha value is -2.82. The summed E-state index contributed by atoms with van der Waals surface area (Å²) >= 11 is 0. The Labute approximate surface area is 153 Å². The highest BCUT2D eigenvalue weighted by molar-refractivity contribution is 5.91. The van der Waals surface area contributed by atoms with E-state index in [2.05, 4.69) is 22.8 Å². The number of aryl methyl sites for hydroxylation is 2. The lowest BCUT2D eigenvalue weighted by atomic mass is 10.0. The lowest BCUT2D eigenvalue weighted by Gasteiger charge is -2.18. The molecule has 0 heterocycles. The average molecular weight is 352 g/mol. The minimum absolute atomic E-state index is 0.127. The third kappa shape index (κ3) is 4.42. The normalized spacial score (nSPS) is 13.6. The molecule has 136 valence electrons. The van der Waals surface area contributed by atoms with Crippen LogP contribution >= 0.6 is 0 Å². The van der Waals surface area contributed by atoms with Crippen molar-refractivity contribution in [2.75, 3.05) is 12.4 Å². The summed E-state index contributed by atoms with van der Waals surface area (Å²) in [6.07, 6.45) is 3.53. The van der Waals surface area contributed by atoms with E-state index in [0.717, 1.165) is 29.8 Å². The van der Waals surface area contributed by atoms with Gasteiger partial charge >= 0.3 is 0 Å². The van der Waals surface area contributed by atoms with Gasteiger partial charge in [-0.05, 0) is 60.2 Å². The van der Waals surface area contributed by atoms with E-state index in [4.69, 9.17) is 4.74 Å². The highest BCUT2D eigenvalue weighted by Crippen LogP contribution is 2.26. The van der Waals surface area contributed by atoms with Gasteiger partial charge in [0.05, 0.1) is 19.6 Å². The molecule has 0 spiro atoms. The van der Waals surface area contributed by atoms with E-state index >= 15 is 0 Å². The summed E-state index contributed by atoms with van der Waals surface area (Å²) in [6, 6.07) is 13.1. The predicted octanol–water partition coefficient (Wildman–Crippen LogP) is 3.39. The van der Waals surface area contributed by atoms with E-state index in [1.807, 2.05) is 30.3 Å². The van der Waals surface area contributed by atoms with Crippen molar-refractivity contribution < 1.29 is 14.3 Å². The molecule has 1 aliphatic carbocycles. The van der Waals surface area contributed by atoms with Gasteiger partial charge in [-0.15, -0.1) is 0 Å². The molecule has 2 N–H and O–H groups in total. The molecule has 0 unspecified atom stereocenters. The first kappa shape index (κ1) is 18.0. The van der Waals surface area contributed by atoms with Crippen molar-refractivity contribution in [1.29, 1.82) is 0 Å². The van der Waals surface area contributed by atoms with Crippen LogP contribution < -0.4 is 15.4 Å². The van der Waals surface area contributed by atoms with Crippen LogP contribution in [-0.2, 0) is 22.4 Å². The molecule has 5 nitrogen and oxygen atoms in total. The van der Waals surface area contributed by atoms with Crippen LogP contribution in [0.3, 0.4) is 0 Å². The molecule has 0 bridgehead atoms. The zero-order valence-corrected chi connectivity index (χ0v) is 15.2. The van der Waals surface area contributed by atoms with Gasteiger partial charge in [-0.2, -0.15) is 0 Å². The first-order valence-corrected chi connectivity index (χ1v) is 8.88. The lowest BCUT2D eigenvalue weighted by Crippen LogP contribution is -2.29. The number of ether oxygens (including phenoxy) is 1. The molecule has 26 heavy (non-hydrogen) atoms. The number of hydrogen-bond donors (Lipinski definition) is 2. The molecule has 2 amide bonds. The van der Waals surface area contributed by atoms with E-state index in [1.165, 1.54) is 24.5 Å². The van der Waals surface area contributed by atoms with E-state index in [9.17, 15) is 9.59 Å². The van der Waals surface area contributed by atoms with Crippen molar-refractivity contribution >= 4 is 17.5 Å². The molecule has 0 radical (unpaired) electrons. The number of hydrogen-bond acceptors (Lipinski definition) is 3. The van der Waals surface area contributed by atoms with E-state index in [1.54, 1.807) is 7.11 Å². The Kier molecular flexibility index (Phi) is 5.56. The van der Waals surface area contributed by atoms with Crippen LogP contribution in [0.1, 0.15) is 42.5 Å².